The van der Waals surface area contributed by atoms with Crippen LogP contribution in [0.25, 0.3) is 0 Å². The summed E-state index contributed by atoms with van der Waals surface area (Å²) in [6.07, 6.45) is 10.6. The molecule has 16 heavy (non-hydrogen) atoms. The highest BCUT2D eigenvalue weighted by molar-refractivity contribution is 5.78. The van der Waals surface area contributed by atoms with Crippen LogP contribution in [0, 0.1) is 5.92 Å². The van der Waals surface area contributed by atoms with E-state index in [1.807, 2.05) is 0 Å². The summed E-state index contributed by atoms with van der Waals surface area (Å²) in [5, 5.41) is 2.88. The molecule has 2 rings (SSSR count). The zero-order chi connectivity index (χ0) is 11.4. The largest absolute Gasteiger partial charge is 0.377 e. The Morgan fingerprint density at radius 3 is 3.00 bits per heavy atom. The summed E-state index contributed by atoms with van der Waals surface area (Å²) in [7, 11) is 1.74. The van der Waals surface area contributed by atoms with Crippen molar-refractivity contribution in [2.45, 2.75) is 31.8 Å². The van der Waals surface area contributed by atoms with Gasteiger partial charge in [0.1, 0.15) is 0 Å². The average molecular weight is 221 g/mol. The molecule has 0 aromatic rings. The second-order valence-corrected chi connectivity index (χ2v) is 4.56. The van der Waals surface area contributed by atoms with Gasteiger partial charge in [-0.1, -0.05) is 23.8 Å². The van der Waals surface area contributed by atoms with Crippen LogP contribution in [0.4, 0.5) is 0 Å². The molecule has 2 atom stereocenters. The number of rotatable bonds is 4. The topological polar surface area (TPSA) is 38.3 Å². The van der Waals surface area contributed by atoms with E-state index in [0.29, 0.717) is 12.3 Å². The lowest BCUT2D eigenvalue weighted by atomic mass is 9.95. The summed E-state index contributed by atoms with van der Waals surface area (Å²) in [6.45, 7) is 0.858. The minimum atomic E-state index is 0.206. The molecule has 2 unspecified atom stereocenters. The number of ether oxygens (including phenoxy) is 1. The lowest BCUT2D eigenvalue weighted by Gasteiger charge is -2.15. The maximum Gasteiger partial charge on any atom is 0.220 e. The van der Waals surface area contributed by atoms with Gasteiger partial charge in [0.05, 0.1) is 6.10 Å². The minimum absolute atomic E-state index is 0.206. The smallest absolute Gasteiger partial charge is 0.220 e. The molecule has 0 spiro atoms. The van der Waals surface area contributed by atoms with E-state index in [1.54, 1.807) is 7.11 Å². The summed E-state index contributed by atoms with van der Waals surface area (Å²) in [4.78, 5) is 11.0. The van der Waals surface area contributed by atoms with Crippen molar-refractivity contribution in [2.24, 2.45) is 5.92 Å². The van der Waals surface area contributed by atoms with Gasteiger partial charge in [0.15, 0.2) is 0 Å². The summed E-state index contributed by atoms with van der Waals surface area (Å²) in [6, 6.07) is 0. The van der Waals surface area contributed by atoms with E-state index in [4.69, 9.17) is 4.74 Å². The third-order valence-electron chi connectivity index (χ3n) is 3.34. The molecule has 3 nitrogen and oxygen atoms in total. The molecular weight excluding hydrogens is 202 g/mol. The molecule has 1 heterocycles. The molecule has 0 aromatic heterocycles. The Balaban J connectivity index is 1.73. The molecule has 1 N–H and O–H groups in total. The Hall–Kier alpha value is -1.09. The van der Waals surface area contributed by atoms with Crippen LogP contribution in [0.2, 0.25) is 0 Å². The second-order valence-electron chi connectivity index (χ2n) is 4.56. The summed E-state index contributed by atoms with van der Waals surface area (Å²) < 4.78 is 5.25. The number of methoxy groups -OCH3 is 1. The van der Waals surface area contributed by atoms with Gasteiger partial charge in [0.25, 0.3) is 0 Å². The maximum atomic E-state index is 11.0. The Morgan fingerprint density at radius 1 is 1.56 bits per heavy atom. The molecule has 1 fully saturated rings. The van der Waals surface area contributed by atoms with E-state index in [-0.39, 0.29) is 12.0 Å². The van der Waals surface area contributed by atoms with Crippen molar-refractivity contribution in [3.8, 4) is 0 Å². The first-order valence-electron chi connectivity index (χ1n) is 5.94. The van der Waals surface area contributed by atoms with Crippen LogP contribution in [0.3, 0.4) is 0 Å². The summed E-state index contributed by atoms with van der Waals surface area (Å²) in [5.74, 6) is 0.736. The summed E-state index contributed by atoms with van der Waals surface area (Å²) in [5.41, 5.74) is 1.38. The Morgan fingerprint density at radius 2 is 2.44 bits per heavy atom. The quantitative estimate of drug-likeness (QED) is 0.786. The Labute approximate surface area is 96.6 Å². The highest BCUT2D eigenvalue weighted by Gasteiger charge is 2.21. The molecule has 0 radical (unpaired) electrons. The zero-order valence-electron chi connectivity index (χ0n) is 9.74. The van der Waals surface area contributed by atoms with Crippen LogP contribution < -0.4 is 5.32 Å². The highest BCUT2D eigenvalue weighted by atomic mass is 16.5. The van der Waals surface area contributed by atoms with Crippen LogP contribution in [0.15, 0.2) is 23.8 Å². The fourth-order valence-corrected chi connectivity index (χ4v) is 2.24. The third kappa shape index (κ3) is 2.95. The van der Waals surface area contributed by atoms with Gasteiger partial charge in [-0.2, -0.15) is 0 Å². The van der Waals surface area contributed by atoms with E-state index < -0.39 is 0 Å². The average Bonchev–Trinajstić information content (AvgIpc) is 2.73. The molecule has 1 aliphatic heterocycles. The molecule has 0 bridgehead atoms. The number of hydrogen-bond acceptors (Lipinski definition) is 2. The van der Waals surface area contributed by atoms with Crippen LogP contribution in [-0.2, 0) is 9.53 Å². The fourth-order valence-electron chi connectivity index (χ4n) is 2.24. The molecule has 1 aliphatic carbocycles. The van der Waals surface area contributed by atoms with Gasteiger partial charge in [0, 0.05) is 20.1 Å². The molecular formula is C13H19NO2. The molecule has 0 saturated carbocycles. The number of carbonyl (C=O) groups is 1. The number of hydrogen-bond donors (Lipinski definition) is 1. The number of amides is 1. The SMILES string of the molecule is COC1C=CC(CCC2CNC(=O)C2)=CC1. The first kappa shape index (κ1) is 11.4. The fraction of sp³-hybridized carbons (Fsp3) is 0.615. The van der Waals surface area contributed by atoms with E-state index in [1.165, 1.54) is 5.57 Å². The van der Waals surface area contributed by atoms with Gasteiger partial charge in [0.2, 0.25) is 5.91 Å². The molecule has 3 heteroatoms. The minimum Gasteiger partial charge on any atom is -0.377 e. The predicted octanol–water partition coefficient (Wildman–Crippen LogP) is 1.80. The van der Waals surface area contributed by atoms with Crippen LogP contribution >= 0.6 is 0 Å². The van der Waals surface area contributed by atoms with E-state index in [9.17, 15) is 4.79 Å². The van der Waals surface area contributed by atoms with Crippen molar-refractivity contribution in [3.63, 3.8) is 0 Å². The number of allylic oxidation sites excluding steroid dienone is 2. The molecule has 2 aliphatic rings. The first-order chi connectivity index (χ1) is 7.78. The normalized spacial score (nSPS) is 29.1. The third-order valence-corrected chi connectivity index (χ3v) is 3.34. The Kier molecular flexibility index (Phi) is 3.78. The number of nitrogens with one attached hydrogen (secondary N) is 1. The van der Waals surface area contributed by atoms with Gasteiger partial charge in [-0.05, 0) is 25.2 Å². The molecule has 1 amide bonds. The lowest BCUT2D eigenvalue weighted by molar-refractivity contribution is -0.119. The molecule has 1 saturated heterocycles. The maximum absolute atomic E-state index is 11.0. The summed E-state index contributed by atoms with van der Waals surface area (Å²) >= 11 is 0. The van der Waals surface area contributed by atoms with Crippen molar-refractivity contribution in [1.29, 1.82) is 0 Å². The molecule has 0 aromatic carbocycles. The van der Waals surface area contributed by atoms with Gasteiger partial charge in [-0.3, -0.25) is 4.79 Å². The van der Waals surface area contributed by atoms with Crippen molar-refractivity contribution in [1.82, 2.24) is 5.32 Å². The van der Waals surface area contributed by atoms with Gasteiger partial charge >= 0.3 is 0 Å². The van der Waals surface area contributed by atoms with Gasteiger partial charge < -0.3 is 10.1 Å². The van der Waals surface area contributed by atoms with Crippen molar-refractivity contribution in [2.75, 3.05) is 13.7 Å². The first-order valence-corrected chi connectivity index (χ1v) is 5.94. The van der Waals surface area contributed by atoms with E-state index >= 15 is 0 Å². The van der Waals surface area contributed by atoms with Gasteiger partial charge in [-0.25, -0.2) is 0 Å². The van der Waals surface area contributed by atoms with Crippen LogP contribution in [-0.4, -0.2) is 25.7 Å². The van der Waals surface area contributed by atoms with Crippen molar-refractivity contribution in [3.05, 3.63) is 23.8 Å². The van der Waals surface area contributed by atoms with Crippen molar-refractivity contribution < 1.29 is 9.53 Å². The monoisotopic (exact) mass is 221 g/mol. The van der Waals surface area contributed by atoms with Crippen LogP contribution in [0.1, 0.15) is 25.7 Å². The van der Waals surface area contributed by atoms with E-state index in [0.717, 1.165) is 25.8 Å². The predicted molar refractivity (Wildman–Crippen MR) is 63.0 cm³/mol. The zero-order valence-corrected chi connectivity index (χ0v) is 9.74. The standard InChI is InChI=1S/C13H19NO2/c1-16-12-6-4-10(5-7-12)2-3-11-8-13(15)14-9-11/h4-6,11-12H,2-3,7-9H2,1H3,(H,14,15). The number of carbonyl (C=O) groups excluding carboxylic acids is 1. The highest BCUT2D eigenvalue weighted by Crippen LogP contribution is 2.22. The van der Waals surface area contributed by atoms with Gasteiger partial charge in [-0.15, -0.1) is 0 Å². The lowest BCUT2D eigenvalue weighted by Crippen LogP contribution is -2.14. The molecule has 88 valence electrons. The second kappa shape index (κ2) is 5.30. The Bertz CT molecular complexity index is 320. The van der Waals surface area contributed by atoms with E-state index in [2.05, 4.69) is 23.5 Å². The van der Waals surface area contributed by atoms with Crippen LogP contribution in [0.5, 0.6) is 0 Å². The van der Waals surface area contributed by atoms with Crippen molar-refractivity contribution >= 4 is 5.91 Å².